The lowest BCUT2D eigenvalue weighted by Gasteiger charge is -2.06. The van der Waals surface area contributed by atoms with Gasteiger partial charge >= 0.3 is 11.9 Å². The van der Waals surface area contributed by atoms with Gasteiger partial charge in [0.15, 0.2) is 0 Å². The highest BCUT2D eigenvalue weighted by molar-refractivity contribution is 8.79. The molecule has 0 aromatic carbocycles. The molecule has 0 aromatic heterocycles. The molecule has 2 aliphatic heterocycles. The average Bonchev–Trinajstić information content (AvgIpc) is 3.02. The van der Waals surface area contributed by atoms with Crippen LogP contribution in [0.5, 0.6) is 0 Å². The van der Waals surface area contributed by atoms with Crippen LogP contribution < -0.4 is 0 Å². The zero-order chi connectivity index (χ0) is 12.1. The zero-order valence-electron chi connectivity index (χ0n) is 8.14. The zero-order valence-corrected chi connectivity index (χ0v) is 12.2. The molecule has 0 amide bonds. The fraction of sp³-hybridized carbons (Fsp3) is 0.250. The van der Waals surface area contributed by atoms with Gasteiger partial charge < -0.3 is 8.37 Å². The van der Waals surface area contributed by atoms with E-state index >= 15 is 0 Å². The van der Waals surface area contributed by atoms with Crippen LogP contribution in [0.4, 0.5) is 0 Å². The second kappa shape index (κ2) is 6.93. The van der Waals surface area contributed by atoms with Crippen molar-refractivity contribution < 1.29 is 18.0 Å². The predicted octanol–water partition coefficient (Wildman–Crippen LogP) is 3.19. The van der Waals surface area contributed by atoms with E-state index in [4.69, 9.17) is 8.37 Å². The summed E-state index contributed by atoms with van der Waals surface area (Å²) in [5.74, 6) is -0.837. The first-order valence-corrected chi connectivity index (χ1v) is 9.56. The molecule has 17 heavy (non-hydrogen) atoms. The Morgan fingerprint density at radius 2 is 1.41 bits per heavy atom. The lowest BCUT2D eigenvalue weighted by molar-refractivity contribution is -0.134. The van der Waals surface area contributed by atoms with Gasteiger partial charge in [-0.3, -0.25) is 0 Å². The van der Waals surface area contributed by atoms with Crippen molar-refractivity contribution in [1.82, 2.24) is 0 Å². The fourth-order valence-electron chi connectivity index (χ4n) is 0.869. The Bertz CT molecular complexity index is 335. The molecule has 92 valence electrons. The molecule has 0 spiro atoms. The maximum Gasteiger partial charge on any atom is 0.338 e. The Kier molecular flexibility index (Phi) is 5.54. The molecule has 4 nitrogen and oxygen atoms in total. The summed E-state index contributed by atoms with van der Waals surface area (Å²) < 4.78 is 9.53. The first kappa shape index (κ1) is 13.6. The summed E-state index contributed by atoms with van der Waals surface area (Å²) in [5.41, 5.74) is 0. The Morgan fingerprint density at radius 1 is 0.941 bits per heavy atom. The van der Waals surface area contributed by atoms with Crippen LogP contribution in [0.3, 0.4) is 0 Å². The standard InChI is InChI=1S/C8H6O4S5/c9-7(5-1-3-13-15-5)11-17-12-8(10)6-2-4-14-16-6/h1-6H. The van der Waals surface area contributed by atoms with Crippen molar-refractivity contribution in [3.8, 4) is 0 Å². The molecule has 0 aliphatic carbocycles. The summed E-state index contributed by atoms with van der Waals surface area (Å²) in [7, 11) is 5.73. The second-order valence-corrected chi connectivity index (χ2v) is 7.86. The number of carbonyl (C=O) groups excluding carboxylic acids is 2. The van der Waals surface area contributed by atoms with Crippen LogP contribution in [0.25, 0.3) is 0 Å². The van der Waals surface area contributed by atoms with E-state index in [2.05, 4.69) is 0 Å². The molecule has 2 rings (SSSR count). The van der Waals surface area contributed by atoms with Crippen molar-refractivity contribution in [2.45, 2.75) is 10.5 Å². The van der Waals surface area contributed by atoms with E-state index in [9.17, 15) is 9.59 Å². The van der Waals surface area contributed by atoms with E-state index in [1.807, 2.05) is 10.8 Å². The predicted molar refractivity (Wildman–Crippen MR) is 76.0 cm³/mol. The molecular weight excluding hydrogens is 320 g/mol. The Hall–Kier alpha value is 0.170. The van der Waals surface area contributed by atoms with Gasteiger partial charge in [0.05, 0.1) is 0 Å². The third-order valence-electron chi connectivity index (χ3n) is 1.63. The monoisotopic (exact) mass is 326 g/mol. The maximum atomic E-state index is 11.4. The number of carbonyl (C=O) groups is 2. The van der Waals surface area contributed by atoms with Gasteiger partial charge in [-0.1, -0.05) is 55.3 Å². The van der Waals surface area contributed by atoms with Gasteiger partial charge in [-0.05, 0) is 10.8 Å². The summed E-state index contributed by atoms with van der Waals surface area (Å²) in [4.78, 5) is 22.8. The smallest absolute Gasteiger partial charge is 0.338 e. The van der Waals surface area contributed by atoms with E-state index < -0.39 is 11.9 Å². The van der Waals surface area contributed by atoms with Crippen LogP contribution in [-0.2, 0) is 18.0 Å². The summed E-state index contributed by atoms with van der Waals surface area (Å²) in [6, 6.07) is 0. The van der Waals surface area contributed by atoms with E-state index in [1.165, 1.54) is 43.2 Å². The lowest BCUT2D eigenvalue weighted by Crippen LogP contribution is -2.16. The van der Waals surface area contributed by atoms with Crippen molar-refractivity contribution in [3.63, 3.8) is 0 Å². The molecule has 0 N–H and O–H groups in total. The van der Waals surface area contributed by atoms with Gasteiger partial charge in [0, 0.05) is 0 Å². The van der Waals surface area contributed by atoms with Gasteiger partial charge in [0.2, 0.25) is 0 Å². The van der Waals surface area contributed by atoms with E-state index in [1.54, 1.807) is 12.2 Å². The van der Waals surface area contributed by atoms with E-state index in [-0.39, 0.29) is 10.5 Å². The SMILES string of the molecule is O=C(OSOC(=O)C1C=CSS1)C1C=CSS1. The van der Waals surface area contributed by atoms with Crippen LogP contribution in [0.15, 0.2) is 23.0 Å². The minimum atomic E-state index is -0.418. The molecular formula is C8H6O4S5. The Morgan fingerprint density at radius 3 is 1.76 bits per heavy atom. The fourth-order valence-corrected chi connectivity index (χ4v) is 5.26. The molecule has 0 aromatic rings. The normalized spacial score (nSPS) is 26.1. The molecule has 0 bridgehead atoms. The lowest BCUT2D eigenvalue weighted by atomic mass is 10.4. The van der Waals surface area contributed by atoms with Crippen LogP contribution >= 0.6 is 55.5 Å². The van der Waals surface area contributed by atoms with Crippen LogP contribution in [0.2, 0.25) is 0 Å². The number of rotatable bonds is 4. The molecule has 0 saturated heterocycles. The van der Waals surface area contributed by atoms with Gasteiger partial charge in [-0.2, -0.15) is 0 Å². The van der Waals surface area contributed by atoms with Crippen molar-refractivity contribution in [2.75, 3.05) is 0 Å². The highest BCUT2D eigenvalue weighted by Crippen LogP contribution is 2.38. The quantitative estimate of drug-likeness (QED) is 0.572. The van der Waals surface area contributed by atoms with Crippen LogP contribution in [0.1, 0.15) is 0 Å². The first-order valence-electron chi connectivity index (χ1n) is 4.34. The maximum absolute atomic E-state index is 11.4. The van der Waals surface area contributed by atoms with E-state index in [0.29, 0.717) is 12.3 Å². The second-order valence-electron chi connectivity index (χ2n) is 2.76. The summed E-state index contributed by atoms with van der Waals surface area (Å²) >= 11 is 0.431. The topological polar surface area (TPSA) is 52.6 Å². The highest BCUT2D eigenvalue weighted by Gasteiger charge is 2.25. The number of hydrogen-bond donors (Lipinski definition) is 0. The Balaban J connectivity index is 1.65. The highest BCUT2D eigenvalue weighted by atomic mass is 33.1. The third-order valence-corrected chi connectivity index (χ3v) is 6.55. The van der Waals surface area contributed by atoms with Crippen LogP contribution in [0, 0.1) is 0 Å². The molecule has 9 heteroatoms. The molecule has 2 atom stereocenters. The molecule has 0 radical (unpaired) electrons. The molecule has 0 saturated carbocycles. The Labute approximate surface area is 118 Å². The molecule has 2 heterocycles. The average molecular weight is 326 g/mol. The third kappa shape index (κ3) is 4.09. The van der Waals surface area contributed by atoms with Crippen molar-refractivity contribution in [2.24, 2.45) is 0 Å². The summed E-state index contributed by atoms with van der Waals surface area (Å²) in [6.45, 7) is 0. The van der Waals surface area contributed by atoms with Gasteiger partial charge in [-0.15, -0.1) is 0 Å². The van der Waals surface area contributed by atoms with Gasteiger partial charge in [0.25, 0.3) is 12.3 Å². The first-order chi connectivity index (χ1) is 8.27. The minimum absolute atomic E-state index is 0.317. The molecule has 2 aliphatic rings. The molecule has 0 fully saturated rings. The van der Waals surface area contributed by atoms with E-state index in [0.717, 1.165) is 0 Å². The largest absolute Gasteiger partial charge is 0.353 e. The molecule has 2 unspecified atom stereocenters. The van der Waals surface area contributed by atoms with Gasteiger partial charge in [-0.25, -0.2) is 9.59 Å². The number of hydrogen-bond acceptors (Lipinski definition) is 9. The van der Waals surface area contributed by atoms with Gasteiger partial charge in [0.1, 0.15) is 10.5 Å². The van der Waals surface area contributed by atoms with Crippen molar-refractivity contribution >= 4 is 67.4 Å². The minimum Gasteiger partial charge on any atom is -0.353 e. The van der Waals surface area contributed by atoms with Crippen LogP contribution in [-0.4, -0.2) is 22.4 Å². The summed E-state index contributed by atoms with van der Waals surface area (Å²) in [5, 5.41) is 3.01. The van der Waals surface area contributed by atoms with Crippen molar-refractivity contribution in [3.05, 3.63) is 23.0 Å². The summed E-state index contributed by atoms with van der Waals surface area (Å²) in [6.07, 6.45) is 3.48. The van der Waals surface area contributed by atoms with Crippen molar-refractivity contribution in [1.29, 1.82) is 0 Å².